The number of halogens is 2. The Morgan fingerprint density at radius 2 is 2.29 bits per heavy atom. The van der Waals surface area contributed by atoms with Gasteiger partial charge in [0.2, 0.25) is 0 Å². The van der Waals surface area contributed by atoms with Crippen molar-refractivity contribution in [1.82, 2.24) is 4.90 Å². The maximum absolute atomic E-state index is 12.1. The van der Waals surface area contributed by atoms with Gasteiger partial charge in [0.1, 0.15) is 0 Å². The summed E-state index contributed by atoms with van der Waals surface area (Å²) in [5.41, 5.74) is 0.439. The first kappa shape index (κ1) is 14.0. The molecule has 0 fully saturated rings. The summed E-state index contributed by atoms with van der Waals surface area (Å²) in [6, 6.07) is 7.21. The summed E-state index contributed by atoms with van der Waals surface area (Å²) in [6.45, 7) is 2.16. The van der Waals surface area contributed by atoms with Crippen molar-refractivity contribution in [3.05, 3.63) is 33.3 Å². The number of benzene rings is 1. The molecule has 0 heterocycles. The number of carbonyl (C=O) groups excluding carboxylic acids is 1. The summed E-state index contributed by atoms with van der Waals surface area (Å²) >= 11 is 9.27. The van der Waals surface area contributed by atoms with Gasteiger partial charge in [0, 0.05) is 18.1 Å². The third kappa shape index (κ3) is 3.72. The van der Waals surface area contributed by atoms with Crippen molar-refractivity contribution in [3.8, 4) is 6.07 Å². The van der Waals surface area contributed by atoms with Gasteiger partial charge in [-0.15, -0.1) is 0 Å². The van der Waals surface area contributed by atoms with E-state index in [4.69, 9.17) is 16.9 Å². The Labute approximate surface area is 114 Å². The largest absolute Gasteiger partial charge is 0.340 e. The van der Waals surface area contributed by atoms with E-state index < -0.39 is 0 Å². The van der Waals surface area contributed by atoms with Gasteiger partial charge in [0.05, 0.1) is 22.6 Å². The maximum Gasteiger partial charge on any atom is 0.255 e. The molecule has 3 nitrogen and oxygen atoms in total. The lowest BCUT2D eigenvalue weighted by Gasteiger charge is -2.19. The number of hydrogen-bond donors (Lipinski definition) is 0. The van der Waals surface area contributed by atoms with Crippen LogP contribution in [0.1, 0.15) is 17.3 Å². The van der Waals surface area contributed by atoms with E-state index in [0.717, 1.165) is 4.47 Å². The van der Waals surface area contributed by atoms with Crippen molar-refractivity contribution in [2.45, 2.75) is 6.92 Å². The van der Waals surface area contributed by atoms with Crippen LogP contribution in [0.5, 0.6) is 0 Å². The Bertz CT molecular complexity index is 470. The predicted octanol–water partition coefficient (Wildman–Crippen LogP) is 3.33. The van der Waals surface area contributed by atoms with E-state index in [1.54, 1.807) is 32.2 Å². The number of nitrogens with zero attached hydrogens (tertiary/aromatic N) is 2. The van der Waals surface area contributed by atoms with E-state index >= 15 is 0 Å². The average Bonchev–Trinajstić information content (AvgIpc) is 2.31. The van der Waals surface area contributed by atoms with Crippen molar-refractivity contribution < 1.29 is 4.79 Å². The third-order valence-corrected chi connectivity index (χ3v) is 3.10. The van der Waals surface area contributed by atoms with Crippen molar-refractivity contribution in [3.63, 3.8) is 0 Å². The normalized spacial score (nSPS) is 11.7. The predicted molar refractivity (Wildman–Crippen MR) is 70.9 cm³/mol. The fourth-order valence-electron chi connectivity index (χ4n) is 1.40. The molecule has 0 aromatic heterocycles. The fraction of sp³-hybridized carbons (Fsp3) is 0.333. The molecule has 0 aliphatic heterocycles. The van der Waals surface area contributed by atoms with Crippen LogP contribution in [0, 0.1) is 17.2 Å². The average molecular weight is 316 g/mol. The molecule has 5 heteroatoms. The lowest BCUT2D eigenvalue weighted by molar-refractivity contribution is 0.0785. The molecule has 0 saturated carbocycles. The molecule has 0 bridgehead atoms. The molecule has 0 radical (unpaired) electrons. The van der Waals surface area contributed by atoms with E-state index in [0.29, 0.717) is 17.1 Å². The van der Waals surface area contributed by atoms with E-state index in [2.05, 4.69) is 22.0 Å². The Morgan fingerprint density at radius 1 is 1.65 bits per heavy atom. The van der Waals surface area contributed by atoms with Crippen molar-refractivity contribution in [2.24, 2.45) is 5.92 Å². The molecule has 1 rings (SSSR count). The number of rotatable bonds is 3. The topological polar surface area (TPSA) is 44.1 Å². The minimum Gasteiger partial charge on any atom is -0.340 e. The Morgan fingerprint density at radius 3 is 2.88 bits per heavy atom. The number of nitriles is 1. The lowest BCUT2D eigenvalue weighted by atomic mass is 10.1. The highest BCUT2D eigenvalue weighted by Crippen LogP contribution is 2.22. The van der Waals surface area contributed by atoms with Gasteiger partial charge in [-0.25, -0.2) is 0 Å². The van der Waals surface area contributed by atoms with Gasteiger partial charge in [0.15, 0.2) is 0 Å². The second-order valence-corrected chi connectivity index (χ2v) is 5.16. The van der Waals surface area contributed by atoms with Crippen molar-refractivity contribution in [1.29, 1.82) is 5.26 Å². The van der Waals surface area contributed by atoms with Gasteiger partial charge in [-0.3, -0.25) is 4.79 Å². The highest BCUT2D eigenvalue weighted by molar-refractivity contribution is 9.10. The Kier molecular flexibility index (Phi) is 4.98. The molecule has 17 heavy (non-hydrogen) atoms. The minimum atomic E-state index is -0.199. The second kappa shape index (κ2) is 6.04. The molecular weight excluding hydrogens is 304 g/mol. The van der Waals surface area contributed by atoms with Gasteiger partial charge >= 0.3 is 0 Å². The molecule has 1 amide bonds. The summed E-state index contributed by atoms with van der Waals surface area (Å²) in [5, 5.41) is 9.12. The first-order chi connectivity index (χ1) is 7.95. The third-order valence-electron chi connectivity index (χ3n) is 2.27. The SMILES string of the molecule is CC(C#N)CN(C)C(=O)c1cc(Br)ccc1Cl. The number of hydrogen-bond acceptors (Lipinski definition) is 2. The molecule has 0 aliphatic rings. The van der Waals surface area contributed by atoms with Gasteiger partial charge in [-0.2, -0.15) is 5.26 Å². The first-order valence-corrected chi connectivity index (χ1v) is 6.23. The van der Waals surface area contributed by atoms with Crippen LogP contribution >= 0.6 is 27.5 Å². The zero-order chi connectivity index (χ0) is 13.0. The first-order valence-electron chi connectivity index (χ1n) is 5.06. The number of carbonyl (C=O) groups is 1. The molecule has 0 saturated heterocycles. The molecule has 1 aromatic carbocycles. The number of amides is 1. The zero-order valence-electron chi connectivity index (χ0n) is 9.58. The molecule has 0 N–H and O–H groups in total. The van der Waals surface area contributed by atoms with Crippen LogP contribution in [0.15, 0.2) is 22.7 Å². The standard InChI is InChI=1S/C12H12BrClN2O/c1-8(6-15)7-16(2)12(17)10-5-9(13)3-4-11(10)14/h3-5,8H,7H2,1-2H3. The van der Waals surface area contributed by atoms with Crippen LogP contribution < -0.4 is 0 Å². The zero-order valence-corrected chi connectivity index (χ0v) is 11.9. The quantitative estimate of drug-likeness (QED) is 0.858. The molecular formula is C12H12BrClN2O. The van der Waals surface area contributed by atoms with E-state index in [1.165, 1.54) is 4.90 Å². The summed E-state index contributed by atoms with van der Waals surface area (Å²) in [6.07, 6.45) is 0. The van der Waals surface area contributed by atoms with Crippen LogP contribution in [0.25, 0.3) is 0 Å². The van der Waals surface area contributed by atoms with Gasteiger partial charge < -0.3 is 4.90 Å². The smallest absolute Gasteiger partial charge is 0.255 e. The summed E-state index contributed by atoms with van der Waals surface area (Å²) in [4.78, 5) is 13.6. The maximum atomic E-state index is 12.1. The summed E-state index contributed by atoms with van der Waals surface area (Å²) in [7, 11) is 1.66. The van der Waals surface area contributed by atoms with Crippen LogP contribution in [0.2, 0.25) is 5.02 Å². The van der Waals surface area contributed by atoms with Crippen LogP contribution in [-0.4, -0.2) is 24.4 Å². The van der Waals surface area contributed by atoms with Crippen LogP contribution in [-0.2, 0) is 0 Å². The van der Waals surface area contributed by atoms with Crippen LogP contribution in [0.3, 0.4) is 0 Å². The van der Waals surface area contributed by atoms with Crippen LogP contribution in [0.4, 0.5) is 0 Å². The Hall–Kier alpha value is -1.05. The molecule has 90 valence electrons. The van der Waals surface area contributed by atoms with Gasteiger partial charge in [0.25, 0.3) is 5.91 Å². The summed E-state index contributed by atoms with van der Waals surface area (Å²) < 4.78 is 0.798. The van der Waals surface area contributed by atoms with E-state index in [1.807, 2.05) is 0 Å². The van der Waals surface area contributed by atoms with E-state index in [-0.39, 0.29) is 11.8 Å². The summed E-state index contributed by atoms with van der Waals surface area (Å²) in [5.74, 6) is -0.381. The molecule has 0 aliphatic carbocycles. The Balaban J connectivity index is 2.89. The van der Waals surface area contributed by atoms with Crippen molar-refractivity contribution in [2.75, 3.05) is 13.6 Å². The molecule has 1 atom stereocenters. The lowest BCUT2D eigenvalue weighted by Crippen LogP contribution is -2.30. The van der Waals surface area contributed by atoms with Gasteiger partial charge in [-0.1, -0.05) is 27.5 Å². The minimum absolute atomic E-state index is 0.182. The fourth-order valence-corrected chi connectivity index (χ4v) is 1.96. The highest BCUT2D eigenvalue weighted by Gasteiger charge is 2.17. The second-order valence-electron chi connectivity index (χ2n) is 3.84. The molecule has 1 unspecified atom stereocenters. The highest BCUT2D eigenvalue weighted by atomic mass is 79.9. The monoisotopic (exact) mass is 314 g/mol. The van der Waals surface area contributed by atoms with Crippen molar-refractivity contribution >= 4 is 33.4 Å². The van der Waals surface area contributed by atoms with Gasteiger partial charge in [-0.05, 0) is 25.1 Å². The molecule has 1 aromatic rings. The molecule has 0 spiro atoms. The van der Waals surface area contributed by atoms with E-state index in [9.17, 15) is 4.79 Å².